The van der Waals surface area contributed by atoms with Crippen molar-refractivity contribution in [3.8, 4) is 0 Å². The molecule has 0 aromatic heterocycles. The summed E-state index contributed by atoms with van der Waals surface area (Å²) in [6.45, 7) is 0.364. The lowest BCUT2D eigenvalue weighted by atomic mass is 9.95. The molecule has 1 aliphatic heterocycles. The van der Waals surface area contributed by atoms with Crippen LogP contribution in [0.5, 0.6) is 0 Å². The molecule has 2 unspecified atom stereocenters. The van der Waals surface area contributed by atoms with Gasteiger partial charge in [0.15, 0.2) is 0 Å². The number of nitrogens with zero attached hydrogens (tertiary/aromatic N) is 2. The highest BCUT2D eigenvalue weighted by Gasteiger charge is 2.41. The SMILES string of the molecule is COC1CC(C(=O)O)N(C(=O)N(C)C2CCCCC2)C1. The van der Waals surface area contributed by atoms with Gasteiger partial charge in [0, 0.05) is 33.2 Å². The molecule has 0 aromatic carbocycles. The first-order valence-electron chi connectivity index (χ1n) is 7.33. The summed E-state index contributed by atoms with van der Waals surface area (Å²) in [6, 6.07) is -0.699. The van der Waals surface area contributed by atoms with Crippen molar-refractivity contribution >= 4 is 12.0 Å². The predicted octanol–water partition coefficient (Wildman–Crippen LogP) is 1.54. The number of carboxylic acids is 1. The van der Waals surface area contributed by atoms with Crippen LogP contribution in [0.15, 0.2) is 0 Å². The Morgan fingerprint density at radius 1 is 1.25 bits per heavy atom. The Labute approximate surface area is 119 Å². The number of methoxy groups -OCH3 is 1. The van der Waals surface area contributed by atoms with E-state index in [4.69, 9.17) is 4.74 Å². The third-order valence-corrected chi connectivity index (χ3v) is 4.55. The van der Waals surface area contributed by atoms with Crippen LogP contribution in [0, 0.1) is 0 Å². The van der Waals surface area contributed by atoms with Crippen molar-refractivity contribution in [2.75, 3.05) is 20.7 Å². The quantitative estimate of drug-likeness (QED) is 0.853. The molecule has 1 saturated heterocycles. The van der Waals surface area contributed by atoms with Crippen LogP contribution in [-0.4, -0.2) is 65.8 Å². The van der Waals surface area contributed by atoms with Crippen LogP contribution in [0.1, 0.15) is 38.5 Å². The van der Waals surface area contributed by atoms with Crippen molar-refractivity contribution in [1.29, 1.82) is 0 Å². The number of aliphatic carboxylic acids is 1. The van der Waals surface area contributed by atoms with Gasteiger partial charge in [-0.15, -0.1) is 0 Å². The molecule has 20 heavy (non-hydrogen) atoms. The summed E-state index contributed by atoms with van der Waals surface area (Å²) >= 11 is 0. The van der Waals surface area contributed by atoms with Gasteiger partial charge in [0.1, 0.15) is 6.04 Å². The predicted molar refractivity (Wildman–Crippen MR) is 73.6 cm³/mol. The largest absolute Gasteiger partial charge is 0.480 e. The summed E-state index contributed by atoms with van der Waals surface area (Å²) < 4.78 is 5.22. The Kier molecular flexibility index (Phi) is 4.86. The minimum Gasteiger partial charge on any atom is -0.480 e. The molecule has 1 heterocycles. The molecule has 1 N–H and O–H groups in total. The molecule has 0 bridgehead atoms. The summed E-state index contributed by atoms with van der Waals surface area (Å²) in [4.78, 5) is 27.0. The smallest absolute Gasteiger partial charge is 0.326 e. The number of ether oxygens (including phenoxy) is 1. The molecule has 2 amide bonds. The number of urea groups is 1. The maximum Gasteiger partial charge on any atom is 0.326 e. The molecule has 2 rings (SSSR count). The first-order valence-corrected chi connectivity index (χ1v) is 7.33. The lowest BCUT2D eigenvalue weighted by Gasteiger charge is -2.35. The van der Waals surface area contributed by atoms with Crippen molar-refractivity contribution < 1.29 is 19.4 Å². The minimum absolute atomic E-state index is 0.177. The van der Waals surface area contributed by atoms with Crippen molar-refractivity contribution in [3.63, 3.8) is 0 Å². The number of rotatable bonds is 3. The molecule has 6 heteroatoms. The zero-order valence-electron chi connectivity index (χ0n) is 12.2. The topological polar surface area (TPSA) is 70.1 Å². The Hall–Kier alpha value is -1.30. The molecule has 6 nitrogen and oxygen atoms in total. The molecule has 0 spiro atoms. The second kappa shape index (κ2) is 6.43. The zero-order chi connectivity index (χ0) is 14.7. The Morgan fingerprint density at radius 2 is 1.90 bits per heavy atom. The highest BCUT2D eigenvalue weighted by atomic mass is 16.5. The molecule has 1 saturated carbocycles. The van der Waals surface area contributed by atoms with Gasteiger partial charge in [-0.1, -0.05) is 19.3 Å². The van der Waals surface area contributed by atoms with Gasteiger partial charge in [0.05, 0.1) is 6.10 Å². The molecular weight excluding hydrogens is 260 g/mol. The van der Waals surface area contributed by atoms with Crippen LogP contribution in [0.2, 0.25) is 0 Å². The van der Waals surface area contributed by atoms with Crippen LogP contribution in [-0.2, 0) is 9.53 Å². The number of hydrogen-bond donors (Lipinski definition) is 1. The number of carbonyl (C=O) groups is 2. The monoisotopic (exact) mass is 284 g/mol. The van der Waals surface area contributed by atoms with Gasteiger partial charge in [-0.3, -0.25) is 0 Å². The molecular formula is C14H24N2O4. The summed E-state index contributed by atoms with van der Waals surface area (Å²) in [5, 5.41) is 9.27. The molecule has 2 fully saturated rings. The van der Waals surface area contributed by atoms with Crippen LogP contribution in [0.4, 0.5) is 4.79 Å². The maximum atomic E-state index is 12.6. The van der Waals surface area contributed by atoms with Gasteiger partial charge in [-0.2, -0.15) is 0 Å². The first-order chi connectivity index (χ1) is 9.54. The van der Waals surface area contributed by atoms with E-state index in [-0.39, 0.29) is 18.2 Å². The molecule has 0 radical (unpaired) electrons. The van der Waals surface area contributed by atoms with Crippen LogP contribution < -0.4 is 0 Å². The second-order valence-electron chi connectivity index (χ2n) is 5.79. The van der Waals surface area contributed by atoms with Crippen molar-refractivity contribution in [2.45, 2.75) is 56.7 Å². The van der Waals surface area contributed by atoms with E-state index in [1.54, 1.807) is 19.1 Å². The number of amides is 2. The number of carbonyl (C=O) groups excluding carboxylic acids is 1. The van der Waals surface area contributed by atoms with Crippen LogP contribution in [0.25, 0.3) is 0 Å². The average Bonchev–Trinajstić information content (AvgIpc) is 2.91. The highest BCUT2D eigenvalue weighted by molar-refractivity contribution is 5.83. The lowest BCUT2D eigenvalue weighted by Crippen LogP contribution is -2.50. The van der Waals surface area contributed by atoms with Crippen molar-refractivity contribution in [1.82, 2.24) is 9.80 Å². The fraction of sp³-hybridized carbons (Fsp3) is 0.857. The summed E-state index contributed by atoms with van der Waals surface area (Å²) in [7, 11) is 3.35. The minimum atomic E-state index is -0.949. The third-order valence-electron chi connectivity index (χ3n) is 4.55. The fourth-order valence-electron chi connectivity index (χ4n) is 3.24. The van der Waals surface area contributed by atoms with E-state index >= 15 is 0 Å². The maximum absolute atomic E-state index is 12.6. The van der Waals surface area contributed by atoms with Gasteiger partial charge >= 0.3 is 12.0 Å². The number of hydrogen-bond acceptors (Lipinski definition) is 3. The number of likely N-dealkylation sites (tertiary alicyclic amines) is 1. The van der Waals surface area contributed by atoms with E-state index in [2.05, 4.69) is 0 Å². The van der Waals surface area contributed by atoms with E-state index in [0.717, 1.165) is 25.7 Å². The third kappa shape index (κ3) is 3.06. The molecule has 2 atom stereocenters. The molecule has 114 valence electrons. The molecule has 2 aliphatic rings. The second-order valence-corrected chi connectivity index (χ2v) is 5.79. The normalized spacial score (nSPS) is 27.6. The lowest BCUT2D eigenvalue weighted by molar-refractivity contribution is -0.141. The van der Waals surface area contributed by atoms with E-state index in [9.17, 15) is 14.7 Å². The van der Waals surface area contributed by atoms with Crippen LogP contribution in [0.3, 0.4) is 0 Å². The Balaban J connectivity index is 2.03. The standard InChI is InChI=1S/C14H24N2O4/c1-15(10-6-4-3-5-7-10)14(19)16-9-11(20-2)8-12(16)13(17)18/h10-12H,3-9H2,1-2H3,(H,17,18). The highest BCUT2D eigenvalue weighted by Crippen LogP contribution is 2.26. The van der Waals surface area contributed by atoms with Crippen molar-refractivity contribution in [2.24, 2.45) is 0 Å². The van der Waals surface area contributed by atoms with E-state index in [1.165, 1.54) is 11.3 Å². The summed E-state index contributed by atoms with van der Waals surface area (Å²) in [5.41, 5.74) is 0. The summed E-state index contributed by atoms with van der Waals surface area (Å²) in [5.74, 6) is -0.949. The van der Waals surface area contributed by atoms with Crippen molar-refractivity contribution in [3.05, 3.63) is 0 Å². The first kappa shape index (κ1) is 15.1. The molecule has 0 aromatic rings. The van der Waals surface area contributed by atoms with E-state index in [0.29, 0.717) is 13.0 Å². The van der Waals surface area contributed by atoms with Gasteiger partial charge in [-0.25, -0.2) is 9.59 Å². The fourth-order valence-corrected chi connectivity index (χ4v) is 3.24. The van der Waals surface area contributed by atoms with E-state index < -0.39 is 12.0 Å². The Morgan fingerprint density at radius 3 is 2.45 bits per heavy atom. The van der Waals surface area contributed by atoms with Gasteiger partial charge in [0.2, 0.25) is 0 Å². The van der Waals surface area contributed by atoms with E-state index in [1.807, 2.05) is 0 Å². The van der Waals surface area contributed by atoms with Gasteiger partial charge in [0.25, 0.3) is 0 Å². The van der Waals surface area contributed by atoms with Crippen LogP contribution >= 0.6 is 0 Å². The molecule has 1 aliphatic carbocycles. The average molecular weight is 284 g/mol. The summed E-state index contributed by atoms with van der Waals surface area (Å²) in [6.07, 6.45) is 5.74. The van der Waals surface area contributed by atoms with Gasteiger partial charge < -0.3 is 19.6 Å². The zero-order valence-corrected chi connectivity index (χ0v) is 12.2. The van der Waals surface area contributed by atoms with Gasteiger partial charge in [-0.05, 0) is 12.8 Å². The Bertz CT molecular complexity index is 368. The number of carboxylic acid groups (broad SMARTS) is 1.